The van der Waals surface area contributed by atoms with Gasteiger partial charge in [-0.15, -0.1) is 0 Å². The fourth-order valence-corrected chi connectivity index (χ4v) is 4.09. The van der Waals surface area contributed by atoms with Crippen molar-refractivity contribution in [2.45, 2.75) is 24.5 Å². The molecule has 0 radical (unpaired) electrons. The van der Waals surface area contributed by atoms with Crippen molar-refractivity contribution in [3.05, 3.63) is 67.0 Å². The maximum Gasteiger partial charge on any atom is 0.412 e. The van der Waals surface area contributed by atoms with E-state index in [1.807, 2.05) is 0 Å². The molecule has 1 amide bonds. The van der Waals surface area contributed by atoms with E-state index in [4.69, 9.17) is 15.2 Å². The second-order valence-corrected chi connectivity index (χ2v) is 8.60. The van der Waals surface area contributed by atoms with Crippen LogP contribution < -0.4 is 15.8 Å². The van der Waals surface area contributed by atoms with Gasteiger partial charge < -0.3 is 41.0 Å². The van der Waals surface area contributed by atoms with Crippen molar-refractivity contribution < 1.29 is 39.1 Å². The van der Waals surface area contributed by atoms with E-state index in [1.54, 1.807) is 0 Å². The summed E-state index contributed by atoms with van der Waals surface area (Å²) in [4.78, 5) is 24.4. The van der Waals surface area contributed by atoms with Crippen molar-refractivity contribution >= 4 is 23.1 Å². The highest BCUT2D eigenvalue weighted by atomic mass is 19.1. The van der Waals surface area contributed by atoms with Gasteiger partial charge >= 0.3 is 6.09 Å². The first-order valence-electron chi connectivity index (χ1n) is 11.6. The quantitative estimate of drug-likeness (QED) is 0.154. The van der Waals surface area contributed by atoms with Crippen LogP contribution in [0.15, 0.2) is 61.2 Å². The van der Waals surface area contributed by atoms with E-state index in [9.17, 15) is 29.6 Å². The Bertz CT molecular complexity index is 1540. The lowest BCUT2D eigenvalue weighted by atomic mass is 10.0. The van der Waals surface area contributed by atoms with Gasteiger partial charge in [0.1, 0.15) is 36.0 Å². The van der Waals surface area contributed by atoms with Crippen molar-refractivity contribution in [1.29, 1.82) is 0 Å². The van der Waals surface area contributed by atoms with Crippen LogP contribution in [-0.4, -0.2) is 70.9 Å². The number of amides is 1. The van der Waals surface area contributed by atoms with Crippen LogP contribution in [-0.2, 0) is 4.74 Å². The summed E-state index contributed by atoms with van der Waals surface area (Å²) in [5, 5.41) is 43.5. The van der Waals surface area contributed by atoms with Crippen molar-refractivity contribution in [1.82, 2.24) is 24.8 Å². The van der Waals surface area contributed by atoms with Crippen LogP contribution in [0.5, 0.6) is 17.2 Å². The fraction of sp³-hybridized carbons (Fsp3) is 0.200. The number of rotatable bonds is 6. The molecule has 2 aromatic heterocycles. The SMILES string of the molecule is Nc1ncnc2c1ncn2C1OC(C=CCNC(=O)Oc2cc(-c3ccc(F)cc3)cc(O)c2O)C(O)C1O. The summed E-state index contributed by atoms with van der Waals surface area (Å²) in [5.74, 6) is -1.77. The average molecular weight is 538 g/mol. The summed E-state index contributed by atoms with van der Waals surface area (Å²) in [5.41, 5.74) is 7.35. The molecule has 14 heteroatoms. The number of hydrogen-bond donors (Lipinski definition) is 6. The molecule has 7 N–H and O–H groups in total. The Morgan fingerprint density at radius 1 is 1.13 bits per heavy atom. The van der Waals surface area contributed by atoms with Gasteiger partial charge in [-0.25, -0.2) is 24.1 Å². The Balaban J connectivity index is 1.20. The number of aliphatic hydroxyl groups excluding tert-OH is 2. The number of halogens is 1. The molecule has 1 fully saturated rings. The first-order chi connectivity index (χ1) is 18.7. The summed E-state index contributed by atoms with van der Waals surface area (Å²) in [6, 6.07) is 7.96. The van der Waals surface area contributed by atoms with Gasteiger partial charge in [-0.2, -0.15) is 0 Å². The Morgan fingerprint density at radius 2 is 1.90 bits per heavy atom. The summed E-state index contributed by atoms with van der Waals surface area (Å²) in [7, 11) is 0. The number of imidazole rings is 1. The molecular formula is C25H23FN6O7. The predicted octanol–water partition coefficient (Wildman–Crippen LogP) is 1.59. The maximum atomic E-state index is 13.2. The first kappa shape index (κ1) is 25.8. The smallest absolute Gasteiger partial charge is 0.412 e. The van der Waals surface area contributed by atoms with Crippen LogP contribution >= 0.6 is 0 Å². The fourth-order valence-electron chi connectivity index (χ4n) is 4.09. The molecular weight excluding hydrogens is 515 g/mol. The summed E-state index contributed by atoms with van der Waals surface area (Å²) < 4.78 is 25.6. The van der Waals surface area contributed by atoms with Crippen molar-refractivity contribution in [2.75, 3.05) is 12.3 Å². The van der Waals surface area contributed by atoms with E-state index in [-0.39, 0.29) is 18.1 Å². The minimum absolute atomic E-state index is 0.0612. The van der Waals surface area contributed by atoms with Crippen molar-refractivity contribution in [2.24, 2.45) is 0 Å². The van der Waals surface area contributed by atoms with Gasteiger partial charge in [0.15, 0.2) is 29.2 Å². The molecule has 5 rings (SSSR count). The number of aliphatic hydroxyl groups is 2. The molecule has 4 aromatic rings. The molecule has 1 aliphatic rings. The number of phenols is 2. The molecule has 4 unspecified atom stereocenters. The van der Waals surface area contributed by atoms with E-state index in [0.29, 0.717) is 22.3 Å². The summed E-state index contributed by atoms with van der Waals surface area (Å²) >= 11 is 0. The lowest BCUT2D eigenvalue weighted by molar-refractivity contribution is -0.0245. The Kier molecular flexibility index (Phi) is 6.98. The van der Waals surface area contributed by atoms with E-state index < -0.39 is 47.9 Å². The Labute approximate surface area is 219 Å². The number of nitrogens with two attached hydrogens (primary N) is 1. The van der Waals surface area contributed by atoms with E-state index in [2.05, 4.69) is 20.3 Å². The third-order valence-electron chi connectivity index (χ3n) is 6.06. The first-order valence-corrected chi connectivity index (χ1v) is 11.6. The van der Waals surface area contributed by atoms with Gasteiger partial charge in [0, 0.05) is 6.54 Å². The molecule has 202 valence electrons. The lowest BCUT2D eigenvalue weighted by Gasteiger charge is -2.16. The standard InChI is InChI=1S/C25H23FN6O7/c26-14-5-3-12(4-6-14)13-8-15(33)19(34)17(9-13)39-25(37)28-7-1-2-16-20(35)21(36)24(38-16)32-11-31-18-22(27)29-10-30-23(18)32/h1-6,8-11,16,20-21,24,33-36H,7H2,(H,28,37)(H2,27,29,30). The highest BCUT2D eigenvalue weighted by Crippen LogP contribution is 2.40. The molecule has 2 aromatic carbocycles. The van der Waals surface area contributed by atoms with Crippen LogP contribution in [0, 0.1) is 5.82 Å². The number of carbonyl (C=O) groups excluding carboxylic acids is 1. The number of carbonyl (C=O) groups is 1. The molecule has 0 bridgehead atoms. The molecule has 1 aliphatic heterocycles. The number of anilines is 1. The molecule has 0 saturated carbocycles. The van der Waals surface area contributed by atoms with E-state index in [1.165, 1.54) is 65.8 Å². The van der Waals surface area contributed by atoms with Crippen LogP contribution in [0.2, 0.25) is 0 Å². The maximum absolute atomic E-state index is 13.2. The molecule has 1 saturated heterocycles. The third kappa shape index (κ3) is 5.16. The van der Waals surface area contributed by atoms with Crippen LogP contribution in [0.3, 0.4) is 0 Å². The van der Waals surface area contributed by atoms with Gasteiger partial charge in [0.2, 0.25) is 5.75 Å². The second-order valence-electron chi connectivity index (χ2n) is 8.60. The zero-order valence-electron chi connectivity index (χ0n) is 20.0. The largest absolute Gasteiger partial charge is 0.504 e. The van der Waals surface area contributed by atoms with Gasteiger partial charge in [0.25, 0.3) is 0 Å². The monoisotopic (exact) mass is 538 g/mol. The number of phenolic OH excluding ortho intramolecular Hbond substituents is 2. The summed E-state index contributed by atoms with van der Waals surface area (Å²) in [6.45, 7) is -0.0612. The minimum Gasteiger partial charge on any atom is -0.504 e. The number of hydrogen-bond acceptors (Lipinski definition) is 11. The molecule has 0 aliphatic carbocycles. The second kappa shape index (κ2) is 10.5. The zero-order valence-corrected chi connectivity index (χ0v) is 20.0. The number of ether oxygens (including phenoxy) is 2. The highest BCUT2D eigenvalue weighted by molar-refractivity contribution is 5.81. The third-order valence-corrected chi connectivity index (χ3v) is 6.06. The molecule has 13 nitrogen and oxygen atoms in total. The molecule has 3 heterocycles. The van der Waals surface area contributed by atoms with Gasteiger partial charge in [-0.05, 0) is 35.4 Å². The Hall–Kier alpha value is -4.79. The van der Waals surface area contributed by atoms with Crippen LogP contribution in [0.4, 0.5) is 15.0 Å². The number of nitrogens with one attached hydrogen (secondary N) is 1. The number of nitrogens with zero attached hydrogens (tertiary/aromatic N) is 4. The lowest BCUT2D eigenvalue weighted by Crippen LogP contribution is -2.31. The van der Waals surface area contributed by atoms with Gasteiger partial charge in [-0.3, -0.25) is 4.57 Å². The predicted molar refractivity (Wildman–Crippen MR) is 134 cm³/mol. The molecule has 4 atom stereocenters. The number of fused-ring (bicyclic) bond motifs is 1. The van der Waals surface area contributed by atoms with Crippen LogP contribution in [0.25, 0.3) is 22.3 Å². The molecule has 0 spiro atoms. The van der Waals surface area contributed by atoms with Crippen LogP contribution in [0.1, 0.15) is 6.23 Å². The van der Waals surface area contributed by atoms with E-state index in [0.717, 1.165) is 0 Å². The number of aromatic nitrogens is 4. The Morgan fingerprint density at radius 3 is 2.67 bits per heavy atom. The van der Waals surface area contributed by atoms with Gasteiger partial charge in [-0.1, -0.05) is 24.3 Å². The van der Waals surface area contributed by atoms with Crippen molar-refractivity contribution in [3.8, 4) is 28.4 Å². The van der Waals surface area contributed by atoms with Crippen molar-refractivity contribution in [3.63, 3.8) is 0 Å². The normalized spacial score (nSPS) is 21.0. The van der Waals surface area contributed by atoms with E-state index >= 15 is 0 Å². The number of aromatic hydroxyl groups is 2. The molecule has 39 heavy (non-hydrogen) atoms. The highest BCUT2D eigenvalue weighted by Gasteiger charge is 2.43. The topological polar surface area (TPSA) is 198 Å². The van der Waals surface area contributed by atoms with Gasteiger partial charge in [0.05, 0.1) is 6.33 Å². The zero-order chi connectivity index (χ0) is 27.7. The average Bonchev–Trinajstić information content (AvgIpc) is 3.47. The number of benzene rings is 2. The minimum atomic E-state index is -1.31. The summed E-state index contributed by atoms with van der Waals surface area (Å²) in [6.07, 6.45) is 0.0767. The number of nitrogen functional groups attached to an aromatic ring is 1.